The van der Waals surface area contributed by atoms with Crippen molar-refractivity contribution in [2.45, 2.75) is 39.0 Å². The first kappa shape index (κ1) is 27.2. The molecule has 42 heavy (non-hydrogen) atoms. The summed E-state index contributed by atoms with van der Waals surface area (Å²) in [6.45, 7) is 7.05. The van der Waals surface area contributed by atoms with Crippen LogP contribution in [-0.2, 0) is 18.4 Å². The average molecular weight is 564 g/mol. The Bertz CT molecular complexity index is 1710. The van der Waals surface area contributed by atoms with Crippen LogP contribution in [0.25, 0.3) is 33.3 Å². The number of aryl methyl sites for hydroxylation is 1. The van der Waals surface area contributed by atoms with Gasteiger partial charge in [-0.15, -0.1) is 0 Å². The number of carbonyl (C=O) groups excluding carboxylic acids is 1. The van der Waals surface area contributed by atoms with Gasteiger partial charge in [-0.1, -0.05) is 12.1 Å². The Labute approximate surface area is 244 Å². The van der Waals surface area contributed by atoms with E-state index in [0.29, 0.717) is 24.7 Å². The Morgan fingerprint density at radius 3 is 2.45 bits per heavy atom. The van der Waals surface area contributed by atoms with Gasteiger partial charge < -0.3 is 19.7 Å². The maximum atomic E-state index is 12.2. The summed E-state index contributed by atoms with van der Waals surface area (Å²) in [5, 5.41) is 8.58. The Hall–Kier alpha value is -4.99. The number of amides is 1. The van der Waals surface area contributed by atoms with Crippen molar-refractivity contribution < 1.29 is 14.3 Å². The lowest BCUT2D eigenvalue weighted by atomic mass is 10.0. The van der Waals surface area contributed by atoms with Crippen LogP contribution < -0.4 is 15.0 Å². The number of anilines is 1. The molecule has 0 bridgehead atoms. The van der Waals surface area contributed by atoms with E-state index in [1.807, 2.05) is 99.4 Å². The molecular formula is C32H33N7O3. The molecule has 10 heteroatoms. The van der Waals surface area contributed by atoms with E-state index in [-0.39, 0.29) is 12.6 Å². The van der Waals surface area contributed by atoms with Crippen molar-refractivity contribution in [3.8, 4) is 28.1 Å². The first-order valence-corrected chi connectivity index (χ1v) is 13.9. The van der Waals surface area contributed by atoms with Crippen LogP contribution in [0.3, 0.4) is 0 Å². The van der Waals surface area contributed by atoms with Gasteiger partial charge in [0, 0.05) is 55.2 Å². The Balaban J connectivity index is 1.15. The normalized spacial score (nSPS) is 13.6. The Kier molecular flexibility index (Phi) is 7.20. The molecule has 4 heterocycles. The number of carbonyl (C=O) groups is 1. The minimum absolute atomic E-state index is 0.00929. The second-order valence-electron chi connectivity index (χ2n) is 11.3. The van der Waals surface area contributed by atoms with Gasteiger partial charge in [-0.3, -0.25) is 9.67 Å². The summed E-state index contributed by atoms with van der Waals surface area (Å²) in [5.74, 6) is 2.13. The van der Waals surface area contributed by atoms with Crippen molar-refractivity contribution in [3.63, 3.8) is 0 Å². The number of ether oxygens (including phenoxy) is 2. The zero-order valence-electron chi connectivity index (χ0n) is 24.1. The smallest absolute Gasteiger partial charge is 0.407 e. The van der Waals surface area contributed by atoms with Gasteiger partial charge in [-0.25, -0.2) is 14.8 Å². The van der Waals surface area contributed by atoms with E-state index in [4.69, 9.17) is 19.4 Å². The second kappa shape index (κ2) is 11.1. The number of pyridine rings is 1. The maximum Gasteiger partial charge on any atom is 0.407 e. The van der Waals surface area contributed by atoms with Crippen LogP contribution in [0.5, 0.6) is 5.75 Å². The number of aromatic nitrogens is 5. The van der Waals surface area contributed by atoms with Crippen molar-refractivity contribution in [3.05, 3.63) is 85.1 Å². The number of alkyl carbamates (subject to hydrolysis) is 1. The van der Waals surface area contributed by atoms with Gasteiger partial charge in [-0.05, 0) is 74.9 Å². The number of nitrogens with one attached hydrogen (secondary N) is 1. The van der Waals surface area contributed by atoms with Gasteiger partial charge in [0.05, 0.1) is 11.6 Å². The summed E-state index contributed by atoms with van der Waals surface area (Å²) in [4.78, 5) is 28.0. The van der Waals surface area contributed by atoms with Gasteiger partial charge >= 0.3 is 6.09 Å². The molecule has 5 aromatic rings. The molecule has 2 aromatic carbocycles. The van der Waals surface area contributed by atoms with Crippen LogP contribution in [0.2, 0.25) is 0 Å². The van der Waals surface area contributed by atoms with Gasteiger partial charge in [-0.2, -0.15) is 5.10 Å². The standard InChI is InChI=1S/C32H33N7O3/c1-32(2,3)42-31(40)34-23-17-39(18-23)30-25-7-5-6-8-27(25)35-28(36-30)20-41-24-11-9-22(10-12-24)29-26(19-38(4)37-29)21-13-15-33-16-14-21/h5-16,19,23H,17-18,20H2,1-4H3,(H,34,40). The van der Waals surface area contributed by atoms with Crippen LogP contribution >= 0.6 is 0 Å². The van der Waals surface area contributed by atoms with E-state index < -0.39 is 11.7 Å². The lowest BCUT2D eigenvalue weighted by molar-refractivity contribution is 0.0496. The average Bonchev–Trinajstić information content (AvgIpc) is 3.34. The minimum atomic E-state index is -0.535. The van der Waals surface area contributed by atoms with Crippen LogP contribution in [0, 0.1) is 0 Å². The van der Waals surface area contributed by atoms with E-state index in [1.165, 1.54) is 0 Å². The summed E-state index contributed by atoms with van der Waals surface area (Å²) in [6.07, 6.45) is 5.17. The molecule has 1 N–H and O–H groups in total. The molecule has 0 spiro atoms. The summed E-state index contributed by atoms with van der Waals surface area (Å²) in [6, 6.07) is 19.8. The SMILES string of the molecule is Cn1cc(-c2ccncc2)c(-c2ccc(OCc3nc(N4CC(NC(=O)OC(C)(C)C)C4)c4ccccc4n3)cc2)n1. The fourth-order valence-electron chi connectivity index (χ4n) is 4.93. The molecule has 0 saturated carbocycles. The quantitative estimate of drug-likeness (QED) is 0.281. The third-order valence-electron chi connectivity index (χ3n) is 6.85. The fraction of sp³-hybridized carbons (Fsp3) is 0.281. The predicted octanol–water partition coefficient (Wildman–Crippen LogP) is 5.38. The molecule has 10 nitrogen and oxygen atoms in total. The predicted molar refractivity (Wildman–Crippen MR) is 161 cm³/mol. The third-order valence-corrected chi connectivity index (χ3v) is 6.85. The molecule has 0 radical (unpaired) electrons. The van der Waals surface area contributed by atoms with Gasteiger partial charge in [0.25, 0.3) is 0 Å². The van der Waals surface area contributed by atoms with Crippen LogP contribution in [0.15, 0.2) is 79.3 Å². The Morgan fingerprint density at radius 1 is 0.976 bits per heavy atom. The van der Waals surface area contributed by atoms with Crippen molar-refractivity contribution >= 4 is 22.8 Å². The number of fused-ring (bicyclic) bond motifs is 1. The molecule has 1 saturated heterocycles. The maximum absolute atomic E-state index is 12.2. The first-order chi connectivity index (χ1) is 20.2. The van der Waals surface area contributed by atoms with Gasteiger partial charge in [0.1, 0.15) is 29.5 Å². The summed E-state index contributed by atoms with van der Waals surface area (Å²) >= 11 is 0. The van der Waals surface area contributed by atoms with Crippen molar-refractivity contribution in [1.82, 2.24) is 30.0 Å². The molecule has 1 amide bonds. The highest BCUT2D eigenvalue weighted by atomic mass is 16.6. The van der Waals surface area contributed by atoms with Crippen molar-refractivity contribution in [2.24, 2.45) is 7.05 Å². The van der Waals surface area contributed by atoms with Crippen LogP contribution in [0.4, 0.5) is 10.6 Å². The topological polar surface area (TPSA) is 107 Å². The molecule has 1 aliphatic rings. The molecule has 0 aliphatic carbocycles. The molecule has 0 atom stereocenters. The zero-order valence-corrected chi connectivity index (χ0v) is 24.1. The van der Waals surface area contributed by atoms with E-state index in [0.717, 1.165) is 39.1 Å². The van der Waals surface area contributed by atoms with Crippen molar-refractivity contribution in [2.75, 3.05) is 18.0 Å². The van der Waals surface area contributed by atoms with E-state index >= 15 is 0 Å². The number of hydrogen-bond donors (Lipinski definition) is 1. The number of rotatable bonds is 7. The highest BCUT2D eigenvalue weighted by Gasteiger charge is 2.32. The molecule has 214 valence electrons. The van der Waals surface area contributed by atoms with Gasteiger partial charge in [0.2, 0.25) is 0 Å². The van der Waals surface area contributed by atoms with Crippen LogP contribution in [-0.4, -0.2) is 55.6 Å². The molecule has 1 aliphatic heterocycles. The lowest BCUT2D eigenvalue weighted by Crippen LogP contribution is -2.60. The van der Waals surface area contributed by atoms with E-state index in [9.17, 15) is 4.79 Å². The number of benzene rings is 2. The minimum Gasteiger partial charge on any atom is -0.486 e. The number of hydrogen-bond acceptors (Lipinski definition) is 8. The van der Waals surface area contributed by atoms with Crippen LogP contribution in [0.1, 0.15) is 26.6 Å². The molecule has 6 rings (SSSR count). The van der Waals surface area contributed by atoms with E-state index in [2.05, 4.69) is 20.3 Å². The fourth-order valence-corrected chi connectivity index (χ4v) is 4.93. The summed E-state index contributed by atoms with van der Waals surface area (Å²) in [5.41, 5.74) is 4.30. The summed E-state index contributed by atoms with van der Waals surface area (Å²) in [7, 11) is 1.92. The number of para-hydroxylation sites is 1. The Morgan fingerprint density at radius 2 is 1.71 bits per heavy atom. The van der Waals surface area contributed by atoms with Crippen molar-refractivity contribution in [1.29, 1.82) is 0 Å². The zero-order chi connectivity index (χ0) is 29.3. The van der Waals surface area contributed by atoms with E-state index in [1.54, 1.807) is 12.4 Å². The lowest BCUT2D eigenvalue weighted by Gasteiger charge is -2.41. The second-order valence-corrected chi connectivity index (χ2v) is 11.3. The first-order valence-electron chi connectivity index (χ1n) is 13.9. The largest absolute Gasteiger partial charge is 0.486 e. The monoisotopic (exact) mass is 563 g/mol. The van der Waals surface area contributed by atoms with Gasteiger partial charge in [0.15, 0.2) is 5.82 Å². The molecular weight excluding hydrogens is 530 g/mol. The summed E-state index contributed by atoms with van der Waals surface area (Å²) < 4.78 is 13.3. The molecule has 1 fully saturated rings. The highest BCUT2D eigenvalue weighted by molar-refractivity contribution is 5.90. The molecule has 0 unspecified atom stereocenters. The molecule has 3 aromatic heterocycles. The third kappa shape index (κ3) is 6.02. The number of nitrogens with zero attached hydrogens (tertiary/aromatic N) is 6. The highest BCUT2D eigenvalue weighted by Crippen LogP contribution is 2.32.